The lowest BCUT2D eigenvalue weighted by atomic mass is 10.2. The molecule has 1 amide bonds. The summed E-state index contributed by atoms with van der Waals surface area (Å²) in [5.41, 5.74) is 2.91. The number of aromatic nitrogens is 3. The van der Waals surface area contributed by atoms with Crippen LogP contribution in [0, 0.1) is 0 Å². The van der Waals surface area contributed by atoms with Crippen LogP contribution in [0.3, 0.4) is 0 Å². The molecule has 0 fully saturated rings. The molecule has 0 atom stereocenters. The molecule has 0 aliphatic rings. The number of nitrogens with zero attached hydrogens (tertiary/aromatic N) is 3. The van der Waals surface area contributed by atoms with Crippen molar-refractivity contribution >= 4 is 11.7 Å². The molecular formula is C11H14N6O. The summed E-state index contributed by atoms with van der Waals surface area (Å²) in [7, 11) is 0. The molecule has 0 saturated carbocycles. The molecule has 0 aliphatic carbocycles. The van der Waals surface area contributed by atoms with Crippen molar-refractivity contribution in [2.75, 3.05) is 12.0 Å². The van der Waals surface area contributed by atoms with E-state index in [0.29, 0.717) is 24.5 Å². The topological polar surface area (TPSA) is 97.9 Å². The van der Waals surface area contributed by atoms with E-state index in [-0.39, 0.29) is 5.91 Å². The van der Waals surface area contributed by atoms with Gasteiger partial charge in [-0.15, -0.1) is 0 Å². The predicted octanol–water partition coefficient (Wildman–Crippen LogP) is -0.00630. The number of anilines is 1. The number of hydrogen-bond donors (Lipinski definition) is 3. The van der Waals surface area contributed by atoms with E-state index in [0.717, 1.165) is 0 Å². The van der Waals surface area contributed by atoms with Gasteiger partial charge in [0, 0.05) is 30.7 Å². The molecule has 0 unspecified atom stereocenters. The minimum atomic E-state index is -0.166. The molecule has 2 heterocycles. The van der Waals surface area contributed by atoms with Crippen molar-refractivity contribution in [2.45, 2.75) is 6.54 Å². The van der Waals surface area contributed by atoms with Crippen molar-refractivity contribution in [3.63, 3.8) is 0 Å². The van der Waals surface area contributed by atoms with Crippen LogP contribution in [0.5, 0.6) is 0 Å². The molecule has 0 bridgehead atoms. The first-order valence-corrected chi connectivity index (χ1v) is 5.48. The van der Waals surface area contributed by atoms with Gasteiger partial charge >= 0.3 is 0 Å². The summed E-state index contributed by atoms with van der Waals surface area (Å²) < 4.78 is 1.75. The number of hydrogen-bond acceptors (Lipinski definition) is 5. The highest BCUT2D eigenvalue weighted by Crippen LogP contribution is 2.04. The number of nitrogen functional groups attached to an aromatic ring is 1. The van der Waals surface area contributed by atoms with Gasteiger partial charge in [-0.05, 0) is 18.2 Å². The minimum Gasteiger partial charge on any atom is -0.350 e. The van der Waals surface area contributed by atoms with Crippen molar-refractivity contribution < 1.29 is 4.79 Å². The van der Waals surface area contributed by atoms with E-state index in [4.69, 9.17) is 5.84 Å². The quantitative estimate of drug-likeness (QED) is 0.509. The first-order chi connectivity index (χ1) is 8.79. The Balaban J connectivity index is 1.87. The van der Waals surface area contributed by atoms with Crippen molar-refractivity contribution in [2.24, 2.45) is 5.84 Å². The molecule has 2 aromatic rings. The molecule has 0 spiro atoms. The average molecular weight is 246 g/mol. The number of rotatable bonds is 5. The van der Waals surface area contributed by atoms with Gasteiger partial charge in [-0.2, -0.15) is 5.10 Å². The zero-order chi connectivity index (χ0) is 12.8. The Morgan fingerprint density at radius 1 is 1.44 bits per heavy atom. The smallest absolute Gasteiger partial charge is 0.251 e. The lowest BCUT2D eigenvalue weighted by molar-refractivity contribution is 0.0952. The van der Waals surface area contributed by atoms with Crippen LogP contribution < -0.4 is 16.6 Å². The van der Waals surface area contributed by atoms with E-state index in [9.17, 15) is 4.79 Å². The second-order valence-corrected chi connectivity index (χ2v) is 3.60. The molecule has 0 radical (unpaired) electrons. The minimum absolute atomic E-state index is 0.166. The SMILES string of the molecule is NNc1cc(C(=O)NCCn2cccn2)ccn1. The molecular weight excluding hydrogens is 232 g/mol. The molecule has 0 aliphatic heterocycles. The van der Waals surface area contributed by atoms with Gasteiger partial charge < -0.3 is 10.7 Å². The number of pyridine rings is 1. The Morgan fingerprint density at radius 2 is 2.33 bits per heavy atom. The van der Waals surface area contributed by atoms with Gasteiger partial charge in [-0.3, -0.25) is 9.48 Å². The zero-order valence-electron chi connectivity index (χ0n) is 9.71. The maximum Gasteiger partial charge on any atom is 0.251 e. The zero-order valence-corrected chi connectivity index (χ0v) is 9.71. The Hall–Kier alpha value is -2.41. The molecule has 94 valence electrons. The van der Waals surface area contributed by atoms with Crippen LogP contribution in [0.25, 0.3) is 0 Å². The van der Waals surface area contributed by atoms with Gasteiger partial charge in [0.15, 0.2) is 0 Å². The highest BCUT2D eigenvalue weighted by Gasteiger charge is 2.05. The van der Waals surface area contributed by atoms with Crippen LogP contribution in [0.4, 0.5) is 5.82 Å². The molecule has 7 heteroatoms. The lowest BCUT2D eigenvalue weighted by Gasteiger charge is -2.06. The first-order valence-electron chi connectivity index (χ1n) is 5.48. The largest absolute Gasteiger partial charge is 0.350 e. The maximum absolute atomic E-state index is 11.8. The van der Waals surface area contributed by atoms with Crippen molar-refractivity contribution in [3.8, 4) is 0 Å². The summed E-state index contributed by atoms with van der Waals surface area (Å²) in [5, 5.41) is 6.83. The van der Waals surface area contributed by atoms with Gasteiger partial charge in [-0.1, -0.05) is 0 Å². The standard InChI is InChI=1S/C11H14N6O/c12-16-10-8-9(2-4-13-10)11(18)14-5-7-17-6-1-3-15-17/h1-4,6,8H,5,7,12H2,(H,13,16)(H,14,18). The summed E-state index contributed by atoms with van der Waals surface area (Å²) in [6, 6.07) is 5.05. The number of hydrazine groups is 1. The second-order valence-electron chi connectivity index (χ2n) is 3.60. The molecule has 4 N–H and O–H groups in total. The first kappa shape index (κ1) is 12.1. The van der Waals surface area contributed by atoms with Crippen LogP contribution >= 0.6 is 0 Å². The lowest BCUT2D eigenvalue weighted by Crippen LogP contribution is -2.27. The maximum atomic E-state index is 11.8. The fraction of sp³-hybridized carbons (Fsp3) is 0.182. The number of nitrogens with two attached hydrogens (primary N) is 1. The molecule has 18 heavy (non-hydrogen) atoms. The fourth-order valence-electron chi connectivity index (χ4n) is 1.47. The fourth-order valence-corrected chi connectivity index (χ4v) is 1.47. The van der Waals surface area contributed by atoms with Crippen LogP contribution in [0.1, 0.15) is 10.4 Å². The van der Waals surface area contributed by atoms with E-state index in [2.05, 4.69) is 20.8 Å². The summed E-state index contributed by atoms with van der Waals surface area (Å²) in [6.07, 6.45) is 5.07. The molecule has 7 nitrogen and oxygen atoms in total. The third-order valence-electron chi connectivity index (χ3n) is 2.36. The Morgan fingerprint density at radius 3 is 3.06 bits per heavy atom. The number of carbonyl (C=O) groups excluding carboxylic acids is 1. The summed E-state index contributed by atoms with van der Waals surface area (Å²) in [6.45, 7) is 1.14. The average Bonchev–Trinajstić information content (AvgIpc) is 2.92. The number of nitrogens with one attached hydrogen (secondary N) is 2. The van der Waals surface area contributed by atoms with Crippen LogP contribution in [0.15, 0.2) is 36.8 Å². The van der Waals surface area contributed by atoms with Crippen molar-refractivity contribution in [1.29, 1.82) is 0 Å². The third kappa shape index (κ3) is 3.05. The summed E-state index contributed by atoms with van der Waals surface area (Å²) in [4.78, 5) is 15.7. The highest BCUT2D eigenvalue weighted by atomic mass is 16.1. The number of carbonyl (C=O) groups is 1. The number of amides is 1. The Kier molecular flexibility index (Phi) is 3.87. The van der Waals surface area contributed by atoms with Gasteiger partial charge in [0.05, 0.1) is 6.54 Å². The van der Waals surface area contributed by atoms with E-state index >= 15 is 0 Å². The van der Waals surface area contributed by atoms with Crippen molar-refractivity contribution in [1.82, 2.24) is 20.1 Å². The monoisotopic (exact) mass is 246 g/mol. The van der Waals surface area contributed by atoms with E-state index in [1.807, 2.05) is 12.3 Å². The van der Waals surface area contributed by atoms with E-state index in [1.54, 1.807) is 23.0 Å². The van der Waals surface area contributed by atoms with E-state index < -0.39 is 0 Å². The van der Waals surface area contributed by atoms with Crippen LogP contribution in [-0.4, -0.2) is 27.2 Å². The van der Waals surface area contributed by atoms with Crippen LogP contribution in [0.2, 0.25) is 0 Å². The summed E-state index contributed by atoms with van der Waals surface area (Å²) in [5.74, 6) is 5.52. The Labute approximate surface area is 104 Å². The third-order valence-corrected chi connectivity index (χ3v) is 2.36. The highest BCUT2D eigenvalue weighted by molar-refractivity contribution is 5.94. The van der Waals surface area contributed by atoms with Crippen LogP contribution in [-0.2, 0) is 6.54 Å². The van der Waals surface area contributed by atoms with Gasteiger partial charge in [0.2, 0.25) is 0 Å². The predicted molar refractivity (Wildman–Crippen MR) is 66.6 cm³/mol. The van der Waals surface area contributed by atoms with Gasteiger partial charge in [-0.25, -0.2) is 10.8 Å². The second kappa shape index (κ2) is 5.78. The summed E-state index contributed by atoms with van der Waals surface area (Å²) >= 11 is 0. The Bertz CT molecular complexity index is 510. The molecule has 2 aromatic heterocycles. The van der Waals surface area contributed by atoms with Crippen molar-refractivity contribution in [3.05, 3.63) is 42.4 Å². The molecule has 0 aromatic carbocycles. The van der Waals surface area contributed by atoms with E-state index in [1.165, 1.54) is 6.20 Å². The molecule has 0 saturated heterocycles. The normalized spacial score (nSPS) is 10.1. The van der Waals surface area contributed by atoms with Gasteiger partial charge in [0.1, 0.15) is 5.82 Å². The molecule has 2 rings (SSSR count). The van der Waals surface area contributed by atoms with Gasteiger partial charge in [0.25, 0.3) is 5.91 Å².